The SMILES string of the molecule is Cc1nc(CN2CCC(C(=O)NCc3ccc(Cn4cncn4)cc3)CC2)cs1. The molecule has 0 saturated carbocycles. The van der Waals surface area contributed by atoms with E-state index >= 15 is 0 Å². The first-order valence-corrected chi connectivity index (χ1v) is 10.8. The van der Waals surface area contributed by atoms with E-state index in [4.69, 9.17) is 0 Å². The molecule has 3 aromatic rings. The Hall–Kier alpha value is -2.58. The van der Waals surface area contributed by atoms with E-state index in [-0.39, 0.29) is 11.8 Å². The Morgan fingerprint density at radius 2 is 1.93 bits per heavy atom. The largest absolute Gasteiger partial charge is 0.352 e. The van der Waals surface area contributed by atoms with Gasteiger partial charge in [0.1, 0.15) is 12.7 Å². The molecule has 0 bridgehead atoms. The molecule has 1 aliphatic heterocycles. The first-order valence-electron chi connectivity index (χ1n) is 9.97. The molecule has 2 aromatic heterocycles. The van der Waals surface area contributed by atoms with Crippen molar-refractivity contribution in [1.29, 1.82) is 0 Å². The van der Waals surface area contributed by atoms with Crippen LogP contribution < -0.4 is 5.32 Å². The lowest BCUT2D eigenvalue weighted by atomic mass is 9.95. The van der Waals surface area contributed by atoms with Crippen molar-refractivity contribution in [3.63, 3.8) is 0 Å². The average Bonchev–Trinajstić information content (AvgIpc) is 3.39. The van der Waals surface area contributed by atoms with Crippen LogP contribution in [-0.4, -0.2) is 43.6 Å². The Morgan fingerprint density at radius 3 is 2.59 bits per heavy atom. The number of carbonyl (C=O) groups is 1. The number of thiazole rings is 1. The van der Waals surface area contributed by atoms with Gasteiger partial charge in [0.15, 0.2) is 0 Å². The molecule has 0 atom stereocenters. The number of aromatic nitrogens is 4. The summed E-state index contributed by atoms with van der Waals surface area (Å²) in [5.41, 5.74) is 3.41. The van der Waals surface area contributed by atoms with Crippen molar-refractivity contribution >= 4 is 17.2 Å². The summed E-state index contributed by atoms with van der Waals surface area (Å²) < 4.78 is 1.79. The van der Waals surface area contributed by atoms with Crippen molar-refractivity contribution in [3.05, 3.63) is 64.1 Å². The highest BCUT2D eigenvalue weighted by Crippen LogP contribution is 2.20. The molecule has 1 N–H and O–H groups in total. The highest BCUT2D eigenvalue weighted by molar-refractivity contribution is 7.09. The summed E-state index contributed by atoms with van der Waals surface area (Å²) >= 11 is 1.70. The predicted molar refractivity (Wildman–Crippen MR) is 112 cm³/mol. The van der Waals surface area contributed by atoms with Gasteiger partial charge in [-0.3, -0.25) is 9.69 Å². The minimum Gasteiger partial charge on any atom is -0.352 e. The maximum absolute atomic E-state index is 12.6. The van der Waals surface area contributed by atoms with E-state index in [0.717, 1.165) is 54.3 Å². The van der Waals surface area contributed by atoms with Gasteiger partial charge >= 0.3 is 0 Å². The molecule has 152 valence electrons. The van der Waals surface area contributed by atoms with E-state index in [9.17, 15) is 4.79 Å². The van der Waals surface area contributed by atoms with Crippen LogP contribution in [-0.2, 0) is 24.4 Å². The molecule has 1 aliphatic rings. The zero-order valence-corrected chi connectivity index (χ0v) is 17.4. The van der Waals surface area contributed by atoms with E-state index in [1.807, 2.05) is 6.92 Å². The molecule has 4 rings (SSSR count). The minimum absolute atomic E-state index is 0.106. The van der Waals surface area contributed by atoms with Gasteiger partial charge in [0, 0.05) is 24.4 Å². The summed E-state index contributed by atoms with van der Waals surface area (Å²) in [6, 6.07) is 8.26. The third-order valence-corrected chi connectivity index (χ3v) is 6.13. The van der Waals surface area contributed by atoms with Crippen molar-refractivity contribution in [1.82, 2.24) is 30.0 Å². The molecule has 0 aliphatic carbocycles. The van der Waals surface area contributed by atoms with Crippen LogP contribution in [0.1, 0.15) is 34.7 Å². The van der Waals surface area contributed by atoms with Crippen molar-refractivity contribution in [2.75, 3.05) is 13.1 Å². The second kappa shape index (κ2) is 9.28. The number of carbonyl (C=O) groups excluding carboxylic acids is 1. The number of aryl methyl sites for hydroxylation is 1. The first-order chi connectivity index (χ1) is 14.2. The minimum atomic E-state index is 0.106. The van der Waals surface area contributed by atoms with E-state index in [1.165, 1.54) is 6.33 Å². The molecular weight excluding hydrogens is 384 g/mol. The number of piperidine rings is 1. The summed E-state index contributed by atoms with van der Waals surface area (Å²) in [5, 5.41) is 10.5. The molecule has 8 heteroatoms. The van der Waals surface area contributed by atoms with Crippen LogP contribution in [0.3, 0.4) is 0 Å². The van der Waals surface area contributed by atoms with E-state index < -0.39 is 0 Å². The number of nitrogens with zero attached hydrogens (tertiary/aromatic N) is 5. The number of hydrogen-bond acceptors (Lipinski definition) is 6. The summed E-state index contributed by atoms with van der Waals surface area (Å²) in [4.78, 5) is 23.4. The van der Waals surface area contributed by atoms with Crippen LogP contribution in [0.5, 0.6) is 0 Å². The van der Waals surface area contributed by atoms with Gasteiger partial charge < -0.3 is 5.32 Å². The third-order valence-electron chi connectivity index (χ3n) is 5.31. The molecular formula is C21H26N6OS. The normalized spacial score (nSPS) is 15.5. The van der Waals surface area contributed by atoms with Gasteiger partial charge in [0.2, 0.25) is 5.91 Å². The molecule has 0 spiro atoms. The van der Waals surface area contributed by atoms with E-state index in [1.54, 1.807) is 22.3 Å². The van der Waals surface area contributed by atoms with Crippen LogP contribution in [0.15, 0.2) is 42.3 Å². The third kappa shape index (κ3) is 5.48. The van der Waals surface area contributed by atoms with E-state index in [2.05, 4.69) is 54.9 Å². The van der Waals surface area contributed by atoms with Gasteiger partial charge in [0.25, 0.3) is 0 Å². The van der Waals surface area contributed by atoms with Crippen LogP contribution in [0.2, 0.25) is 0 Å². The van der Waals surface area contributed by atoms with Crippen molar-refractivity contribution < 1.29 is 4.79 Å². The number of benzene rings is 1. The van der Waals surface area contributed by atoms with Gasteiger partial charge in [-0.25, -0.2) is 14.6 Å². The highest BCUT2D eigenvalue weighted by Gasteiger charge is 2.25. The lowest BCUT2D eigenvalue weighted by Gasteiger charge is -2.30. The lowest BCUT2D eigenvalue weighted by molar-refractivity contribution is -0.126. The second-order valence-electron chi connectivity index (χ2n) is 7.54. The summed E-state index contributed by atoms with van der Waals surface area (Å²) in [7, 11) is 0. The summed E-state index contributed by atoms with van der Waals surface area (Å²) in [6.07, 6.45) is 5.06. The number of amides is 1. The average molecular weight is 411 g/mol. The Bertz CT molecular complexity index is 913. The summed E-state index contributed by atoms with van der Waals surface area (Å²) in [6.45, 7) is 6.10. The van der Waals surface area contributed by atoms with Crippen LogP contribution in [0.4, 0.5) is 0 Å². The molecule has 1 fully saturated rings. The predicted octanol–water partition coefficient (Wildman–Crippen LogP) is 2.62. The topological polar surface area (TPSA) is 75.9 Å². The molecule has 1 saturated heterocycles. The molecule has 29 heavy (non-hydrogen) atoms. The molecule has 1 amide bonds. The van der Waals surface area contributed by atoms with Crippen LogP contribution in [0, 0.1) is 12.8 Å². The fraction of sp³-hybridized carbons (Fsp3) is 0.429. The quantitative estimate of drug-likeness (QED) is 0.648. The van der Waals surface area contributed by atoms with Crippen molar-refractivity contribution in [2.45, 2.75) is 39.4 Å². The number of likely N-dealkylation sites (tertiary alicyclic amines) is 1. The van der Waals surface area contributed by atoms with Crippen LogP contribution >= 0.6 is 11.3 Å². The Kier molecular flexibility index (Phi) is 6.31. The van der Waals surface area contributed by atoms with Crippen molar-refractivity contribution in [3.8, 4) is 0 Å². The van der Waals surface area contributed by atoms with Crippen molar-refractivity contribution in [2.24, 2.45) is 5.92 Å². The fourth-order valence-corrected chi connectivity index (χ4v) is 4.26. The van der Waals surface area contributed by atoms with Gasteiger partial charge in [-0.05, 0) is 44.0 Å². The molecule has 3 heterocycles. The summed E-state index contributed by atoms with van der Waals surface area (Å²) in [5.74, 6) is 0.274. The maximum atomic E-state index is 12.6. The Labute approximate surface area is 174 Å². The number of hydrogen-bond donors (Lipinski definition) is 1. The monoisotopic (exact) mass is 410 g/mol. The Balaban J connectivity index is 1.20. The van der Waals surface area contributed by atoms with Gasteiger partial charge in [-0.2, -0.15) is 5.10 Å². The smallest absolute Gasteiger partial charge is 0.223 e. The van der Waals surface area contributed by atoms with Gasteiger partial charge in [-0.1, -0.05) is 24.3 Å². The zero-order valence-electron chi connectivity index (χ0n) is 16.6. The Morgan fingerprint density at radius 1 is 1.17 bits per heavy atom. The lowest BCUT2D eigenvalue weighted by Crippen LogP contribution is -2.40. The van der Waals surface area contributed by atoms with Gasteiger partial charge in [-0.15, -0.1) is 11.3 Å². The number of nitrogens with one attached hydrogen (secondary N) is 1. The second-order valence-corrected chi connectivity index (χ2v) is 8.60. The molecule has 0 radical (unpaired) electrons. The van der Waals surface area contributed by atoms with E-state index in [0.29, 0.717) is 13.1 Å². The molecule has 7 nitrogen and oxygen atoms in total. The fourth-order valence-electron chi connectivity index (χ4n) is 3.66. The van der Waals surface area contributed by atoms with Crippen LogP contribution in [0.25, 0.3) is 0 Å². The molecule has 1 aromatic carbocycles. The van der Waals surface area contributed by atoms with Gasteiger partial charge in [0.05, 0.1) is 17.2 Å². The zero-order chi connectivity index (χ0) is 20.1. The standard InChI is InChI=1S/C21H26N6OS/c1-16-25-20(13-29-16)12-26-8-6-19(7-9-26)21(28)23-10-17-2-4-18(5-3-17)11-27-15-22-14-24-27/h2-5,13-15,19H,6-12H2,1H3,(H,23,28). The first kappa shape index (κ1) is 19.7. The number of rotatable bonds is 7. The molecule has 0 unspecified atom stereocenters. The highest BCUT2D eigenvalue weighted by atomic mass is 32.1. The maximum Gasteiger partial charge on any atom is 0.223 e.